The highest BCUT2D eigenvalue weighted by molar-refractivity contribution is 5.86. The molecule has 3 rings (SSSR count). The van der Waals surface area contributed by atoms with Gasteiger partial charge in [0.15, 0.2) is 5.82 Å². The van der Waals surface area contributed by atoms with Crippen LogP contribution in [0.15, 0.2) is 30.5 Å². The summed E-state index contributed by atoms with van der Waals surface area (Å²) in [5, 5.41) is 16.1. The number of carboxylic acid groups (broad SMARTS) is 1. The van der Waals surface area contributed by atoms with E-state index in [1.807, 2.05) is 42.1 Å². The maximum Gasteiger partial charge on any atom is 0.373 e. The van der Waals surface area contributed by atoms with Gasteiger partial charge in [-0.25, -0.2) is 9.78 Å². The number of aromatic nitrogens is 4. The van der Waals surface area contributed by atoms with E-state index in [9.17, 15) is 4.79 Å². The number of rotatable bonds is 2. The van der Waals surface area contributed by atoms with Crippen LogP contribution in [0.4, 0.5) is 0 Å². The zero-order valence-electron chi connectivity index (χ0n) is 9.58. The van der Waals surface area contributed by atoms with E-state index in [0.717, 1.165) is 16.5 Å². The quantitative estimate of drug-likeness (QED) is 0.715. The molecule has 0 fully saturated rings. The van der Waals surface area contributed by atoms with Crippen LogP contribution in [0.1, 0.15) is 10.6 Å². The van der Waals surface area contributed by atoms with Crippen LogP contribution in [-0.2, 0) is 7.05 Å². The van der Waals surface area contributed by atoms with Gasteiger partial charge in [-0.1, -0.05) is 0 Å². The van der Waals surface area contributed by atoms with Gasteiger partial charge in [0.05, 0.1) is 0 Å². The zero-order valence-corrected chi connectivity index (χ0v) is 9.58. The smallest absolute Gasteiger partial charge is 0.373 e. The molecule has 18 heavy (non-hydrogen) atoms. The van der Waals surface area contributed by atoms with Crippen LogP contribution in [0.25, 0.3) is 22.3 Å². The fraction of sp³-hybridized carbons (Fsp3) is 0.0833. The number of carboxylic acids is 1. The minimum absolute atomic E-state index is 0.154. The molecule has 0 aliphatic rings. The van der Waals surface area contributed by atoms with E-state index in [2.05, 4.69) is 15.2 Å². The Kier molecular flexibility index (Phi) is 2.16. The van der Waals surface area contributed by atoms with Crippen LogP contribution in [0.3, 0.4) is 0 Å². The van der Waals surface area contributed by atoms with Crippen LogP contribution < -0.4 is 0 Å². The second-order valence-electron chi connectivity index (χ2n) is 4.01. The number of hydrogen-bond acceptors (Lipinski definition) is 3. The van der Waals surface area contributed by atoms with Gasteiger partial charge >= 0.3 is 5.97 Å². The largest absolute Gasteiger partial charge is 0.475 e. The zero-order chi connectivity index (χ0) is 12.7. The average molecular weight is 242 g/mol. The first-order chi connectivity index (χ1) is 8.65. The number of H-pyrrole nitrogens is 1. The lowest BCUT2D eigenvalue weighted by atomic mass is 10.1. The van der Waals surface area contributed by atoms with E-state index in [0.29, 0.717) is 5.82 Å². The summed E-state index contributed by atoms with van der Waals surface area (Å²) in [7, 11) is 1.97. The third-order valence-corrected chi connectivity index (χ3v) is 2.83. The summed E-state index contributed by atoms with van der Waals surface area (Å²) < 4.78 is 2.01. The Labute approximate surface area is 102 Å². The molecule has 0 bridgehead atoms. The fourth-order valence-electron chi connectivity index (χ4n) is 1.91. The van der Waals surface area contributed by atoms with Gasteiger partial charge in [0, 0.05) is 29.7 Å². The van der Waals surface area contributed by atoms with Crippen molar-refractivity contribution in [2.75, 3.05) is 0 Å². The van der Waals surface area contributed by atoms with Crippen LogP contribution >= 0.6 is 0 Å². The maximum absolute atomic E-state index is 10.7. The predicted octanol–water partition coefficient (Wildman–Crippen LogP) is 1.66. The number of fused-ring (bicyclic) bond motifs is 1. The van der Waals surface area contributed by atoms with Crippen LogP contribution in [0.5, 0.6) is 0 Å². The highest BCUT2D eigenvalue weighted by Crippen LogP contribution is 2.22. The number of hydrogen-bond donors (Lipinski definition) is 2. The molecule has 0 amide bonds. The summed E-state index contributed by atoms with van der Waals surface area (Å²) in [4.78, 5) is 14.6. The number of nitrogens with one attached hydrogen (secondary N) is 1. The molecule has 6 heteroatoms. The number of aryl methyl sites for hydroxylation is 1. The average Bonchev–Trinajstić information content (AvgIpc) is 2.96. The molecule has 0 aliphatic heterocycles. The fourth-order valence-corrected chi connectivity index (χ4v) is 1.91. The first-order valence-electron chi connectivity index (χ1n) is 5.36. The Balaban J connectivity index is 2.10. The molecule has 2 aromatic heterocycles. The maximum atomic E-state index is 10.7. The number of benzene rings is 1. The molecule has 0 saturated heterocycles. The molecule has 1 aromatic carbocycles. The van der Waals surface area contributed by atoms with Crippen molar-refractivity contribution in [3.05, 3.63) is 36.3 Å². The standard InChI is InChI=1S/C12H10N4O2/c1-16-5-4-7-6-8(2-3-9(7)16)10-13-11(12(17)18)15-14-10/h2-6H,1H3,(H,17,18)(H,13,14,15). The van der Waals surface area contributed by atoms with E-state index in [1.165, 1.54) is 0 Å². The molecule has 0 radical (unpaired) electrons. The van der Waals surface area contributed by atoms with Gasteiger partial charge in [-0.05, 0) is 24.3 Å². The molecule has 0 saturated carbocycles. The minimum atomic E-state index is -1.12. The Hall–Kier alpha value is -2.63. The van der Waals surface area contributed by atoms with Crippen molar-refractivity contribution in [3.63, 3.8) is 0 Å². The first-order valence-corrected chi connectivity index (χ1v) is 5.36. The van der Waals surface area contributed by atoms with Crippen molar-refractivity contribution < 1.29 is 9.90 Å². The highest BCUT2D eigenvalue weighted by Gasteiger charge is 2.11. The summed E-state index contributed by atoms with van der Waals surface area (Å²) >= 11 is 0. The lowest BCUT2D eigenvalue weighted by Gasteiger charge is -1.98. The van der Waals surface area contributed by atoms with Crippen molar-refractivity contribution in [2.45, 2.75) is 0 Å². The van der Waals surface area contributed by atoms with Gasteiger partial charge in [-0.2, -0.15) is 5.10 Å². The van der Waals surface area contributed by atoms with E-state index in [4.69, 9.17) is 5.11 Å². The monoisotopic (exact) mass is 242 g/mol. The highest BCUT2D eigenvalue weighted by atomic mass is 16.4. The molecular formula is C12H10N4O2. The molecule has 90 valence electrons. The molecule has 2 heterocycles. The molecule has 2 N–H and O–H groups in total. The molecule has 6 nitrogen and oxygen atoms in total. The molecule has 0 spiro atoms. The number of aromatic amines is 1. The summed E-state index contributed by atoms with van der Waals surface area (Å²) in [5.74, 6) is -0.883. The lowest BCUT2D eigenvalue weighted by Crippen LogP contribution is -1.98. The van der Waals surface area contributed by atoms with Gasteiger partial charge in [-0.3, -0.25) is 5.10 Å². The van der Waals surface area contributed by atoms with Gasteiger partial charge in [0.25, 0.3) is 0 Å². The van der Waals surface area contributed by atoms with Crippen LogP contribution in [0, 0.1) is 0 Å². The summed E-state index contributed by atoms with van der Waals surface area (Å²) in [5.41, 5.74) is 1.89. The lowest BCUT2D eigenvalue weighted by molar-refractivity contribution is 0.0684. The van der Waals surface area contributed by atoms with Gasteiger partial charge < -0.3 is 9.67 Å². The first kappa shape index (κ1) is 10.5. The Bertz CT molecular complexity index is 741. The normalized spacial score (nSPS) is 10.9. The van der Waals surface area contributed by atoms with E-state index in [1.54, 1.807) is 0 Å². The SMILES string of the molecule is Cn1ccc2cc(-c3n[nH]c(C(=O)O)n3)ccc21. The second-order valence-corrected chi connectivity index (χ2v) is 4.01. The van der Waals surface area contributed by atoms with E-state index >= 15 is 0 Å². The Morgan fingerprint density at radius 1 is 1.39 bits per heavy atom. The summed E-state index contributed by atoms with van der Waals surface area (Å²) in [6.45, 7) is 0. The van der Waals surface area contributed by atoms with Gasteiger partial charge in [0.2, 0.25) is 5.82 Å². The van der Waals surface area contributed by atoms with Crippen molar-refractivity contribution >= 4 is 16.9 Å². The minimum Gasteiger partial charge on any atom is -0.475 e. The van der Waals surface area contributed by atoms with Crippen molar-refractivity contribution in [2.24, 2.45) is 7.05 Å². The molecule has 3 aromatic rings. The second kappa shape index (κ2) is 3.69. The number of carbonyl (C=O) groups is 1. The third-order valence-electron chi connectivity index (χ3n) is 2.83. The van der Waals surface area contributed by atoms with E-state index in [-0.39, 0.29) is 5.82 Å². The van der Waals surface area contributed by atoms with Crippen molar-refractivity contribution in [1.29, 1.82) is 0 Å². The van der Waals surface area contributed by atoms with Crippen LogP contribution in [0.2, 0.25) is 0 Å². The Morgan fingerprint density at radius 3 is 2.94 bits per heavy atom. The van der Waals surface area contributed by atoms with Gasteiger partial charge in [-0.15, -0.1) is 0 Å². The van der Waals surface area contributed by atoms with Gasteiger partial charge in [0.1, 0.15) is 0 Å². The molecule has 0 atom stereocenters. The number of nitrogens with zero attached hydrogens (tertiary/aromatic N) is 3. The summed E-state index contributed by atoms with van der Waals surface area (Å²) in [6.07, 6.45) is 1.97. The summed E-state index contributed by atoms with van der Waals surface area (Å²) in [6, 6.07) is 7.76. The van der Waals surface area contributed by atoms with E-state index < -0.39 is 5.97 Å². The molecular weight excluding hydrogens is 232 g/mol. The van der Waals surface area contributed by atoms with Crippen molar-refractivity contribution in [1.82, 2.24) is 19.7 Å². The molecule has 0 unspecified atom stereocenters. The predicted molar refractivity (Wildman–Crippen MR) is 65.3 cm³/mol. The third kappa shape index (κ3) is 1.55. The number of aromatic carboxylic acids is 1. The van der Waals surface area contributed by atoms with Crippen molar-refractivity contribution in [3.8, 4) is 11.4 Å². The molecule has 0 aliphatic carbocycles. The van der Waals surface area contributed by atoms with Crippen LogP contribution in [-0.4, -0.2) is 30.8 Å². The topological polar surface area (TPSA) is 83.8 Å². The Morgan fingerprint density at radius 2 is 2.22 bits per heavy atom.